The zero-order valence-corrected chi connectivity index (χ0v) is 16.1. The average Bonchev–Trinajstić information content (AvgIpc) is 3.21. The maximum atomic E-state index is 13.1. The van der Waals surface area contributed by atoms with Crippen LogP contribution in [-0.2, 0) is 9.53 Å². The van der Waals surface area contributed by atoms with Crippen molar-refractivity contribution in [3.8, 4) is 5.69 Å². The third-order valence-electron chi connectivity index (χ3n) is 4.66. The Hall–Kier alpha value is -3.71. The van der Waals surface area contributed by atoms with Gasteiger partial charge in [-0.2, -0.15) is 10.1 Å². The molecule has 0 unspecified atom stereocenters. The first kappa shape index (κ1) is 18.6. The normalized spacial score (nSPS) is 15.2. The van der Waals surface area contributed by atoms with Crippen molar-refractivity contribution in [1.29, 1.82) is 0 Å². The van der Waals surface area contributed by atoms with Gasteiger partial charge in [-0.25, -0.2) is 4.68 Å². The number of aromatic nitrogens is 2. The maximum absolute atomic E-state index is 13.1. The van der Waals surface area contributed by atoms with Crippen LogP contribution in [0.5, 0.6) is 0 Å². The first-order valence-corrected chi connectivity index (χ1v) is 9.15. The highest BCUT2D eigenvalue weighted by atomic mass is 16.5. The predicted octanol–water partition coefficient (Wildman–Crippen LogP) is 2.91. The van der Waals surface area contributed by atoms with Crippen molar-refractivity contribution >= 4 is 23.4 Å². The van der Waals surface area contributed by atoms with Gasteiger partial charge in [-0.05, 0) is 37.3 Å². The fraction of sp³-hybridized carbons (Fsp3) is 0.136. The Balaban J connectivity index is 1.78. The van der Waals surface area contributed by atoms with Crippen LogP contribution in [-0.4, -0.2) is 35.1 Å². The van der Waals surface area contributed by atoms with Crippen LogP contribution in [0.4, 0.5) is 5.69 Å². The molecule has 0 radical (unpaired) electrons. The zero-order chi connectivity index (χ0) is 20.4. The lowest BCUT2D eigenvalue weighted by Gasteiger charge is -2.10. The van der Waals surface area contributed by atoms with Gasteiger partial charge in [-0.1, -0.05) is 36.4 Å². The van der Waals surface area contributed by atoms with E-state index in [0.29, 0.717) is 28.2 Å². The number of nitrogens with zero attached hydrogens (tertiary/aromatic N) is 3. The number of methoxy groups -OCH3 is 1. The second-order valence-electron chi connectivity index (χ2n) is 6.62. The molecular formula is C22H20N4O3. The van der Waals surface area contributed by atoms with Gasteiger partial charge >= 0.3 is 0 Å². The van der Waals surface area contributed by atoms with Gasteiger partial charge in [0.25, 0.3) is 11.5 Å². The van der Waals surface area contributed by atoms with E-state index < -0.39 is 0 Å². The summed E-state index contributed by atoms with van der Waals surface area (Å²) in [5, 5.41) is 8.82. The summed E-state index contributed by atoms with van der Waals surface area (Å²) in [4.78, 5) is 26.1. The highest BCUT2D eigenvalue weighted by molar-refractivity contribution is 6.33. The highest BCUT2D eigenvalue weighted by Crippen LogP contribution is 2.25. The number of H-pyrrole nitrogens is 1. The first-order valence-electron chi connectivity index (χ1n) is 9.15. The topological polar surface area (TPSA) is 79.7 Å². The maximum Gasteiger partial charge on any atom is 0.280 e. The molecule has 29 heavy (non-hydrogen) atoms. The molecule has 1 N–H and O–H groups in total. The number of anilines is 1. The van der Waals surface area contributed by atoms with Crippen molar-refractivity contribution in [2.24, 2.45) is 5.10 Å². The van der Waals surface area contributed by atoms with Crippen molar-refractivity contribution < 1.29 is 9.53 Å². The molecule has 4 rings (SSSR count). The fourth-order valence-electron chi connectivity index (χ4n) is 3.22. The number of rotatable bonds is 5. The Kier molecular flexibility index (Phi) is 4.97. The molecule has 7 heteroatoms. The number of carbonyl (C=O) groups excluding carboxylic acids is 1. The van der Waals surface area contributed by atoms with Gasteiger partial charge < -0.3 is 4.74 Å². The van der Waals surface area contributed by atoms with Crippen LogP contribution >= 0.6 is 0 Å². The molecule has 2 heterocycles. The van der Waals surface area contributed by atoms with Crippen LogP contribution in [0, 0.1) is 6.92 Å². The van der Waals surface area contributed by atoms with E-state index in [1.165, 1.54) is 9.69 Å². The van der Waals surface area contributed by atoms with Gasteiger partial charge in [0, 0.05) is 12.8 Å². The monoisotopic (exact) mass is 388 g/mol. The number of aromatic amines is 1. The number of hydrogen-bond donors (Lipinski definition) is 1. The third-order valence-corrected chi connectivity index (χ3v) is 4.66. The number of nitrogens with one attached hydrogen (secondary N) is 1. The highest BCUT2D eigenvalue weighted by Gasteiger charge is 2.31. The summed E-state index contributed by atoms with van der Waals surface area (Å²) in [5.41, 5.74) is 3.04. The molecule has 0 saturated heterocycles. The van der Waals surface area contributed by atoms with Gasteiger partial charge in [-0.3, -0.25) is 14.7 Å². The number of benzene rings is 2. The van der Waals surface area contributed by atoms with Crippen LogP contribution in [0.15, 0.2) is 76.1 Å². The molecule has 1 aliphatic heterocycles. The zero-order valence-electron chi connectivity index (χ0n) is 16.1. The molecule has 0 aliphatic carbocycles. The molecule has 7 nitrogen and oxygen atoms in total. The summed E-state index contributed by atoms with van der Waals surface area (Å²) in [6, 6.07) is 18.4. The summed E-state index contributed by atoms with van der Waals surface area (Å²) < 4.78 is 6.68. The Bertz CT molecular complexity index is 1160. The van der Waals surface area contributed by atoms with Crippen molar-refractivity contribution in [3.63, 3.8) is 0 Å². The van der Waals surface area contributed by atoms with Gasteiger partial charge in [0.15, 0.2) is 0 Å². The molecule has 0 bridgehead atoms. The molecule has 1 aromatic heterocycles. The van der Waals surface area contributed by atoms with Crippen molar-refractivity contribution in [3.05, 3.63) is 87.8 Å². The molecule has 1 aliphatic rings. The first-order chi connectivity index (χ1) is 14.1. The molecule has 0 atom stereocenters. The van der Waals surface area contributed by atoms with E-state index in [1.807, 2.05) is 48.5 Å². The van der Waals surface area contributed by atoms with Gasteiger partial charge in [0.1, 0.15) is 0 Å². The van der Waals surface area contributed by atoms with Crippen molar-refractivity contribution in [1.82, 2.24) is 9.78 Å². The van der Waals surface area contributed by atoms with E-state index in [9.17, 15) is 9.59 Å². The van der Waals surface area contributed by atoms with Crippen LogP contribution in [0.2, 0.25) is 0 Å². The molecular weight excluding hydrogens is 368 g/mol. The van der Waals surface area contributed by atoms with E-state index in [2.05, 4.69) is 10.2 Å². The Morgan fingerprint density at radius 1 is 1.00 bits per heavy atom. The van der Waals surface area contributed by atoms with Gasteiger partial charge in [0.05, 0.1) is 34.8 Å². The summed E-state index contributed by atoms with van der Waals surface area (Å²) in [7, 11) is 1.54. The second kappa shape index (κ2) is 7.73. The summed E-state index contributed by atoms with van der Waals surface area (Å²) in [5.74, 6) is -0.297. The summed E-state index contributed by atoms with van der Waals surface area (Å²) >= 11 is 0. The van der Waals surface area contributed by atoms with E-state index in [4.69, 9.17) is 4.74 Å². The standard InChI is InChI=1S/C22H20N4O3/c1-15-18(21(27)25(23-15)16-9-5-3-6-10-16)13-19-20(14-29-2)24-26(22(19)28)17-11-7-4-8-12-17/h3-13,23H,14H2,1-2H3/b19-13+. The number of carbonyl (C=O) groups is 1. The minimum Gasteiger partial charge on any atom is -0.378 e. The van der Waals surface area contributed by atoms with E-state index in [1.54, 1.807) is 32.2 Å². The minimum absolute atomic E-state index is 0.164. The quantitative estimate of drug-likeness (QED) is 0.683. The lowest BCUT2D eigenvalue weighted by Crippen LogP contribution is -2.22. The smallest absolute Gasteiger partial charge is 0.280 e. The van der Waals surface area contributed by atoms with E-state index >= 15 is 0 Å². The number of hydrazone groups is 1. The van der Waals surface area contributed by atoms with Crippen LogP contribution < -0.4 is 10.6 Å². The summed E-state index contributed by atoms with van der Waals surface area (Å²) in [6.07, 6.45) is 1.59. The fourth-order valence-corrected chi connectivity index (χ4v) is 3.22. The van der Waals surface area contributed by atoms with E-state index in [-0.39, 0.29) is 18.1 Å². The SMILES string of the molecule is COCC1=NN(c2ccccc2)C(=O)/C1=C/c1c(C)[nH]n(-c2ccccc2)c1=O. The number of para-hydroxylation sites is 2. The lowest BCUT2D eigenvalue weighted by molar-refractivity contribution is -0.114. The minimum atomic E-state index is -0.297. The molecule has 0 saturated carbocycles. The van der Waals surface area contributed by atoms with Crippen LogP contribution in [0.25, 0.3) is 11.8 Å². The Morgan fingerprint density at radius 2 is 1.62 bits per heavy atom. The van der Waals surface area contributed by atoms with Gasteiger partial charge in [-0.15, -0.1) is 0 Å². The molecule has 1 amide bonds. The van der Waals surface area contributed by atoms with E-state index in [0.717, 1.165) is 5.69 Å². The van der Waals surface area contributed by atoms with Crippen LogP contribution in [0.1, 0.15) is 11.3 Å². The number of hydrogen-bond acceptors (Lipinski definition) is 4. The lowest BCUT2D eigenvalue weighted by atomic mass is 10.1. The molecule has 0 spiro atoms. The largest absolute Gasteiger partial charge is 0.378 e. The predicted molar refractivity (Wildman–Crippen MR) is 112 cm³/mol. The summed E-state index contributed by atoms with van der Waals surface area (Å²) in [6.45, 7) is 1.96. The second-order valence-corrected chi connectivity index (χ2v) is 6.62. The molecule has 0 fully saturated rings. The average molecular weight is 388 g/mol. The third kappa shape index (κ3) is 3.43. The number of amides is 1. The van der Waals surface area contributed by atoms with Crippen molar-refractivity contribution in [2.45, 2.75) is 6.92 Å². The van der Waals surface area contributed by atoms with Crippen LogP contribution in [0.3, 0.4) is 0 Å². The number of ether oxygens (including phenoxy) is 1. The molecule has 3 aromatic rings. The van der Waals surface area contributed by atoms with Gasteiger partial charge in [0.2, 0.25) is 0 Å². The molecule has 146 valence electrons. The Labute approximate surface area is 167 Å². The van der Waals surface area contributed by atoms with Crippen molar-refractivity contribution in [2.75, 3.05) is 18.7 Å². The molecule has 2 aromatic carbocycles. The Morgan fingerprint density at radius 3 is 2.24 bits per heavy atom. The number of aryl methyl sites for hydroxylation is 1.